The van der Waals surface area contributed by atoms with Gasteiger partial charge in [-0.25, -0.2) is 0 Å². The summed E-state index contributed by atoms with van der Waals surface area (Å²) in [5.74, 6) is 0.294. The summed E-state index contributed by atoms with van der Waals surface area (Å²) in [7, 11) is 0. The van der Waals surface area contributed by atoms with E-state index in [4.69, 9.17) is 5.73 Å². The Bertz CT molecular complexity index is 350. The standard InChI is InChI=1S/C13H20N2O.ClH/c1-10(2)9-15-12(16)13(3,14)11-7-5-4-6-8-11;/h4-8,10H,9,14H2,1-3H3,(H,15,16);1H. The van der Waals surface area contributed by atoms with Crippen molar-refractivity contribution in [3.8, 4) is 0 Å². The summed E-state index contributed by atoms with van der Waals surface area (Å²) < 4.78 is 0. The van der Waals surface area contributed by atoms with E-state index in [2.05, 4.69) is 19.2 Å². The summed E-state index contributed by atoms with van der Waals surface area (Å²) in [6.07, 6.45) is 0. The molecule has 0 radical (unpaired) electrons. The first-order valence-electron chi connectivity index (χ1n) is 5.57. The lowest BCUT2D eigenvalue weighted by atomic mass is 9.92. The van der Waals surface area contributed by atoms with E-state index in [1.54, 1.807) is 6.92 Å². The molecule has 1 aromatic carbocycles. The Kier molecular flexibility index (Phi) is 6.21. The van der Waals surface area contributed by atoms with Gasteiger partial charge in [0, 0.05) is 6.54 Å². The fourth-order valence-electron chi connectivity index (χ4n) is 1.40. The highest BCUT2D eigenvalue weighted by atomic mass is 35.5. The number of hydrogen-bond acceptors (Lipinski definition) is 2. The van der Waals surface area contributed by atoms with Gasteiger partial charge in [-0.2, -0.15) is 0 Å². The molecule has 4 heteroatoms. The maximum absolute atomic E-state index is 11.9. The third-order valence-electron chi connectivity index (χ3n) is 2.52. The molecule has 3 nitrogen and oxygen atoms in total. The molecule has 17 heavy (non-hydrogen) atoms. The quantitative estimate of drug-likeness (QED) is 0.866. The molecule has 0 saturated heterocycles. The Hall–Kier alpha value is -1.06. The molecule has 0 bridgehead atoms. The van der Waals surface area contributed by atoms with E-state index in [1.807, 2.05) is 30.3 Å². The van der Waals surface area contributed by atoms with Crippen LogP contribution in [0.15, 0.2) is 30.3 Å². The monoisotopic (exact) mass is 256 g/mol. The second-order valence-corrected chi connectivity index (χ2v) is 4.67. The molecule has 0 aliphatic heterocycles. The van der Waals surface area contributed by atoms with Crippen LogP contribution in [-0.2, 0) is 10.3 Å². The number of nitrogens with one attached hydrogen (secondary N) is 1. The lowest BCUT2D eigenvalue weighted by Crippen LogP contribution is -2.49. The van der Waals surface area contributed by atoms with Gasteiger partial charge >= 0.3 is 0 Å². The molecule has 1 unspecified atom stereocenters. The zero-order valence-corrected chi connectivity index (χ0v) is 11.4. The zero-order chi connectivity index (χ0) is 12.2. The van der Waals surface area contributed by atoms with Crippen LogP contribution in [0, 0.1) is 5.92 Å². The Morgan fingerprint density at radius 2 is 1.88 bits per heavy atom. The molecule has 0 spiro atoms. The summed E-state index contributed by atoms with van der Waals surface area (Å²) in [6.45, 7) is 6.49. The largest absolute Gasteiger partial charge is 0.354 e. The van der Waals surface area contributed by atoms with Gasteiger partial charge in [0.1, 0.15) is 5.54 Å². The maximum atomic E-state index is 11.9. The predicted molar refractivity (Wildman–Crippen MR) is 73.1 cm³/mol. The average Bonchev–Trinajstić information content (AvgIpc) is 2.27. The number of rotatable bonds is 4. The highest BCUT2D eigenvalue weighted by molar-refractivity contribution is 5.87. The first kappa shape index (κ1) is 15.9. The first-order chi connectivity index (χ1) is 7.44. The zero-order valence-electron chi connectivity index (χ0n) is 10.6. The predicted octanol–water partition coefficient (Wildman–Crippen LogP) is 2.05. The third kappa shape index (κ3) is 4.36. The van der Waals surface area contributed by atoms with Crippen LogP contribution in [0.3, 0.4) is 0 Å². The van der Waals surface area contributed by atoms with Crippen LogP contribution in [0.25, 0.3) is 0 Å². The van der Waals surface area contributed by atoms with Crippen molar-refractivity contribution in [1.29, 1.82) is 0 Å². The van der Waals surface area contributed by atoms with Crippen LogP contribution >= 0.6 is 12.4 Å². The number of amides is 1. The van der Waals surface area contributed by atoms with E-state index in [9.17, 15) is 4.79 Å². The normalized spacial score (nSPS) is 13.7. The van der Waals surface area contributed by atoms with Gasteiger partial charge in [0.15, 0.2) is 0 Å². The molecular formula is C13H21ClN2O. The van der Waals surface area contributed by atoms with Gasteiger partial charge in [-0.05, 0) is 18.4 Å². The van der Waals surface area contributed by atoms with Gasteiger partial charge in [0.25, 0.3) is 0 Å². The Labute approximate surface area is 109 Å². The fraction of sp³-hybridized carbons (Fsp3) is 0.462. The van der Waals surface area contributed by atoms with Crippen molar-refractivity contribution < 1.29 is 4.79 Å². The molecule has 0 aliphatic carbocycles. The number of halogens is 1. The minimum Gasteiger partial charge on any atom is -0.354 e. The van der Waals surface area contributed by atoms with Crippen LogP contribution in [0.1, 0.15) is 26.3 Å². The van der Waals surface area contributed by atoms with E-state index < -0.39 is 5.54 Å². The molecule has 3 N–H and O–H groups in total. The minimum atomic E-state index is -0.962. The van der Waals surface area contributed by atoms with Crippen molar-refractivity contribution in [2.75, 3.05) is 6.54 Å². The van der Waals surface area contributed by atoms with Crippen molar-refractivity contribution in [2.24, 2.45) is 11.7 Å². The molecular weight excluding hydrogens is 236 g/mol. The Morgan fingerprint density at radius 3 is 2.35 bits per heavy atom. The van der Waals surface area contributed by atoms with E-state index in [1.165, 1.54) is 0 Å². The SMILES string of the molecule is CC(C)CNC(=O)C(C)(N)c1ccccc1.Cl. The van der Waals surface area contributed by atoms with Gasteiger partial charge in [-0.3, -0.25) is 4.79 Å². The van der Waals surface area contributed by atoms with Gasteiger partial charge in [-0.1, -0.05) is 44.2 Å². The van der Waals surface area contributed by atoms with Gasteiger partial charge in [0.05, 0.1) is 0 Å². The molecule has 0 aromatic heterocycles. The number of carbonyl (C=O) groups excluding carboxylic acids is 1. The topological polar surface area (TPSA) is 55.1 Å². The van der Waals surface area contributed by atoms with Crippen LogP contribution in [-0.4, -0.2) is 12.5 Å². The molecule has 0 fully saturated rings. The Morgan fingerprint density at radius 1 is 1.35 bits per heavy atom. The van der Waals surface area contributed by atoms with Crippen LogP contribution in [0.2, 0.25) is 0 Å². The molecule has 0 heterocycles. The van der Waals surface area contributed by atoms with Gasteiger partial charge < -0.3 is 11.1 Å². The van der Waals surface area contributed by atoms with Gasteiger partial charge in [0.2, 0.25) is 5.91 Å². The minimum absolute atomic E-state index is 0. The second kappa shape index (κ2) is 6.62. The molecule has 0 aliphatic rings. The van der Waals surface area contributed by atoms with E-state index >= 15 is 0 Å². The van der Waals surface area contributed by atoms with Gasteiger partial charge in [-0.15, -0.1) is 12.4 Å². The summed E-state index contributed by atoms with van der Waals surface area (Å²) >= 11 is 0. The van der Waals surface area contributed by atoms with Crippen LogP contribution < -0.4 is 11.1 Å². The maximum Gasteiger partial charge on any atom is 0.244 e. The number of hydrogen-bond donors (Lipinski definition) is 2. The average molecular weight is 257 g/mol. The van der Waals surface area contributed by atoms with Crippen LogP contribution in [0.4, 0.5) is 0 Å². The van der Waals surface area contributed by atoms with Crippen molar-refractivity contribution >= 4 is 18.3 Å². The fourth-order valence-corrected chi connectivity index (χ4v) is 1.40. The third-order valence-corrected chi connectivity index (χ3v) is 2.52. The highest BCUT2D eigenvalue weighted by Gasteiger charge is 2.29. The molecule has 1 aromatic rings. The van der Waals surface area contributed by atoms with Crippen molar-refractivity contribution in [1.82, 2.24) is 5.32 Å². The molecule has 1 rings (SSSR count). The first-order valence-corrected chi connectivity index (χ1v) is 5.57. The lowest BCUT2D eigenvalue weighted by Gasteiger charge is -2.24. The highest BCUT2D eigenvalue weighted by Crippen LogP contribution is 2.17. The van der Waals surface area contributed by atoms with Crippen LogP contribution in [0.5, 0.6) is 0 Å². The number of benzene rings is 1. The lowest BCUT2D eigenvalue weighted by molar-refractivity contribution is -0.126. The summed E-state index contributed by atoms with van der Waals surface area (Å²) in [5, 5.41) is 2.86. The Balaban J connectivity index is 0.00000256. The molecule has 1 atom stereocenters. The van der Waals surface area contributed by atoms with E-state index in [-0.39, 0.29) is 18.3 Å². The molecule has 0 saturated carbocycles. The summed E-state index contributed by atoms with van der Waals surface area (Å²) in [6, 6.07) is 9.42. The van der Waals surface area contributed by atoms with Crippen molar-refractivity contribution in [3.05, 3.63) is 35.9 Å². The molecule has 1 amide bonds. The number of carbonyl (C=O) groups is 1. The summed E-state index contributed by atoms with van der Waals surface area (Å²) in [5.41, 5.74) is 5.92. The van der Waals surface area contributed by atoms with E-state index in [0.717, 1.165) is 5.56 Å². The second-order valence-electron chi connectivity index (χ2n) is 4.67. The smallest absolute Gasteiger partial charge is 0.244 e. The van der Waals surface area contributed by atoms with Crippen molar-refractivity contribution in [3.63, 3.8) is 0 Å². The van der Waals surface area contributed by atoms with E-state index in [0.29, 0.717) is 12.5 Å². The number of nitrogens with two attached hydrogens (primary N) is 1. The van der Waals surface area contributed by atoms with Crippen molar-refractivity contribution in [2.45, 2.75) is 26.3 Å². The molecule has 96 valence electrons. The summed E-state index contributed by atoms with van der Waals surface area (Å²) in [4.78, 5) is 11.9.